The minimum absolute atomic E-state index is 0.399. The van der Waals surface area contributed by atoms with Gasteiger partial charge in [-0.3, -0.25) is 4.79 Å². The standard InChI is InChI=1S/C19H20ClNO5/c1-12(18(22)21-17-7-5-4-6-16(17)20)26-19(23)13(2)25-15-10-8-14(24-3)9-11-15/h4-13H,1-3H3,(H,21,22). The number of benzene rings is 2. The van der Waals surface area contributed by atoms with Gasteiger partial charge in [0.25, 0.3) is 5.91 Å². The third kappa shape index (κ3) is 5.39. The van der Waals surface area contributed by atoms with Crippen LogP contribution in [0.25, 0.3) is 0 Å². The highest BCUT2D eigenvalue weighted by Gasteiger charge is 2.23. The van der Waals surface area contributed by atoms with Crippen molar-refractivity contribution in [1.82, 2.24) is 0 Å². The van der Waals surface area contributed by atoms with Crippen LogP contribution in [-0.2, 0) is 14.3 Å². The molecule has 2 aromatic rings. The molecule has 7 heteroatoms. The highest BCUT2D eigenvalue weighted by Crippen LogP contribution is 2.21. The van der Waals surface area contributed by atoms with Gasteiger partial charge in [0.1, 0.15) is 11.5 Å². The fraction of sp³-hybridized carbons (Fsp3) is 0.263. The Morgan fingerprint density at radius 2 is 1.58 bits per heavy atom. The van der Waals surface area contributed by atoms with Crippen LogP contribution in [0.4, 0.5) is 5.69 Å². The molecule has 0 aliphatic heterocycles. The molecule has 0 fully saturated rings. The van der Waals surface area contributed by atoms with Crippen molar-refractivity contribution in [3.63, 3.8) is 0 Å². The van der Waals surface area contributed by atoms with E-state index < -0.39 is 24.1 Å². The molecule has 2 atom stereocenters. The van der Waals surface area contributed by atoms with Gasteiger partial charge in [0.15, 0.2) is 12.2 Å². The summed E-state index contributed by atoms with van der Waals surface area (Å²) < 4.78 is 15.7. The van der Waals surface area contributed by atoms with Gasteiger partial charge in [-0.2, -0.15) is 0 Å². The lowest BCUT2D eigenvalue weighted by Gasteiger charge is -2.18. The zero-order valence-electron chi connectivity index (χ0n) is 14.7. The van der Waals surface area contributed by atoms with Crippen molar-refractivity contribution in [3.05, 3.63) is 53.6 Å². The maximum Gasteiger partial charge on any atom is 0.347 e. The van der Waals surface area contributed by atoms with Crippen LogP contribution < -0.4 is 14.8 Å². The molecule has 0 aliphatic carbocycles. The Kier molecular flexibility index (Phi) is 6.86. The third-order valence-electron chi connectivity index (χ3n) is 3.50. The smallest absolute Gasteiger partial charge is 0.347 e. The molecule has 2 unspecified atom stereocenters. The quantitative estimate of drug-likeness (QED) is 0.745. The van der Waals surface area contributed by atoms with Crippen molar-refractivity contribution in [2.75, 3.05) is 12.4 Å². The molecule has 1 amide bonds. The van der Waals surface area contributed by atoms with Gasteiger partial charge in [0, 0.05) is 0 Å². The number of rotatable bonds is 7. The van der Waals surface area contributed by atoms with E-state index in [1.54, 1.807) is 62.6 Å². The first-order valence-corrected chi connectivity index (χ1v) is 8.35. The van der Waals surface area contributed by atoms with Crippen LogP contribution in [0.5, 0.6) is 11.5 Å². The second-order valence-electron chi connectivity index (χ2n) is 5.48. The normalized spacial score (nSPS) is 12.6. The maximum atomic E-state index is 12.1. The van der Waals surface area contributed by atoms with Crippen molar-refractivity contribution in [3.8, 4) is 11.5 Å². The van der Waals surface area contributed by atoms with Crippen LogP contribution in [0.3, 0.4) is 0 Å². The molecule has 1 N–H and O–H groups in total. The van der Waals surface area contributed by atoms with E-state index in [9.17, 15) is 9.59 Å². The number of halogens is 1. The molecule has 0 heterocycles. The molecule has 0 saturated carbocycles. The number of hydrogen-bond acceptors (Lipinski definition) is 5. The predicted octanol–water partition coefficient (Wildman–Crippen LogP) is 3.69. The van der Waals surface area contributed by atoms with E-state index in [1.807, 2.05) is 0 Å². The summed E-state index contributed by atoms with van der Waals surface area (Å²) in [4.78, 5) is 24.3. The molecule has 26 heavy (non-hydrogen) atoms. The van der Waals surface area contributed by atoms with Gasteiger partial charge in [-0.25, -0.2) is 4.79 Å². The van der Waals surface area contributed by atoms with Crippen LogP contribution >= 0.6 is 11.6 Å². The Balaban J connectivity index is 1.88. The molecular formula is C19H20ClNO5. The number of hydrogen-bond donors (Lipinski definition) is 1. The fourth-order valence-electron chi connectivity index (χ4n) is 2.03. The first-order chi connectivity index (χ1) is 12.4. The molecule has 2 aromatic carbocycles. The molecule has 2 rings (SSSR count). The Morgan fingerprint density at radius 1 is 0.962 bits per heavy atom. The maximum absolute atomic E-state index is 12.1. The molecule has 6 nitrogen and oxygen atoms in total. The monoisotopic (exact) mass is 377 g/mol. The first kappa shape index (κ1) is 19.6. The zero-order valence-corrected chi connectivity index (χ0v) is 15.4. The molecule has 0 radical (unpaired) electrons. The molecule has 138 valence electrons. The first-order valence-electron chi connectivity index (χ1n) is 7.97. The third-order valence-corrected chi connectivity index (χ3v) is 3.83. The van der Waals surface area contributed by atoms with Crippen molar-refractivity contribution in [1.29, 1.82) is 0 Å². The van der Waals surface area contributed by atoms with Crippen molar-refractivity contribution < 1.29 is 23.8 Å². The molecular weight excluding hydrogens is 358 g/mol. The number of para-hydroxylation sites is 1. The van der Waals surface area contributed by atoms with Crippen molar-refractivity contribution in [2.45, 2.75) is 26.1 Å². The van der Waals surface area contributed by atoms with Crippen molar-refractivity contribution >= 4 is 29.2 Å². The largest absolute Gasteiger partial charge is 0.497 e. The number of esters is 1. The lowest BCUT2D eigenvalue weighted by molar-refractivity contribution is -0.159. The average molecular weight is 378 g/mol. The highest BCUT2D eigenvalue weighted by molar-refractivity contribution is 6.33. The van der Waals surface area contributed by atoms with Gasteiger partial charge in [0.05, 0.1) is 17.8 Å². The predicted molar refractivity (Wildman–Crippen MR) is 98.7 cm³/mol. The number of carbonyl (C=O) groups excluding carboxylic acids is 2. The number of anilines is 1. The molecule has 0 saturated heterocycles. The topological polar surface area (TPSA) is 73.9 Å². The summed E-state index contributed by atoms with van der Waals surface area (Å²) in [7, 11) is 1.56. The second-order valence-corrected chi connectivity index (χ2v) is 5.89. The number of methoxy groups -OCH3 is 1. The van der Waals surface area contributed by atoms with Crippen LogP contribution in [-0.4, -0.2) is 31.2 Å². The van der Waals surface area contributed by atoms with Gasteiger partial charge in [-0.15, -0.1) is 0 Å². The van der Waals surface area contributed by atoms with Crippen molar-refractivity contribution in [2.24, 2.45) is 0 Å². The van der Waals surface area contributed by atoms with Crippen LogP contribution in [0, 0.1) is 0 Å². The van der Waals surface area contributed by atoms with E-state index in [4.69, 9.17) is 25.8 Å². The van der Waals surface area contributed by atoms with Gasteiger partial charge in [-0.1, -0.05) is 23.7 Å². The molecule has 0 bridgehead atoms. The van der Waals surface area contributed by atoms with E-state index in [2.05, 4.69) is 5.32 Å². The summed E-state index contributed by atoms with van der Waals surface area (Å²) in [5.74, 6) is 0.0339. The Morgan fingerprint density at radius 3 is 2.19 bits per heavy atom. The van der Waals surface area contributed by atoms with Crippen LogP contribution in [0.15, 0.2) is 48.5 Å². The number of amides is 1. The Hall–Kier alpha value is -2.73. The van der Waals surface area contributed by atoms with E-state index >= 15 is 0 Å². The van der Waals surface area contributed by atoms with Gasteiger partial charge in [-0.05, 0) is 50.2 Å². The molecule has 0 spiro atoms. The Bertz CT molecular complexity index is 763. The van der Waals surface area contributed by atoms with E-state index in [0.29, 0.717) is 22.2 Å². The number of carbonyl (C=O) groups is 2. The fourth-order valence-corrected chi connectivity index (χ4v) is 2.21. The van der Waals surface area contributed by atoms with Crippen LogP contribution in [0.2, 0.25) is 5.02 Å². The summed E-state index contributed by atoms with van der Waals surface area (Å²) in [5, 5.41) is 3.01. The lowest BCUT2D eigenvalue weighted by atomic mass is 10.3. The lowest BCUT2D eigenvalue weighted by Crippen LogP contribution is -2.35. The SMILES string of the molecule is COc1ccc(OC(C)C(=O)OC(C)C(=O)Nc2ccccc2Cl)cc1. The summed E-state index contributed by atoms with van der Waals surface area (Å²) in [6, 6.07) is 13.6. The summed E-state index contributed by atoms with van der Waals surface area (Å²) in [6.45, 7) is 3.02. The summed E-state index contributed by atoms with van der Waals surface area (Å²) in [6.07, 6.45) is -1.88. The molecule has 0 aromatic heterocycles. The minimum Gasteiger partial charge on any atom is -0.497 e. The Labute approximate surface area is 157 Å². The highest BCUT2D eigenvalue weighted by atomic mass is 35.5. The van der Waals surface area contributed by atoms with Gasteiger partial charge >= 0.3 is 5.97 Å². The van der Waals surface area contributed by atoms with E-state index in [0.717, 1.165) is 0 Å². The van der Waals surface area contributed by atoms with Gasteiger partial charge < -0.3 is 19.5 Å². The van der Waals surface area contributed by atoms with E-state index in [1.165, 1.54) is 6.92 Å². The molecule has 0 aliphatic rings. The van der Waals surface area contributed by atoms with E-state index in [-0.39, 0.29) is 0 Å². The van der Waals surface area contributed by atoms with Gasteiger partial charge in [0.2, 0.25) is 0 Å². The minimum atomic E-state index is -0.999. The summed E-state index contributed by atoms with van der Waals surface area (Å²) in [5.41, 5.74) is 0.449. The average Bonchev–Trinajstić information content (AvgIpc) is 2.64. The number of ether oxygens (including phenoxy) is 3. The number of nitrogens with one attached hydrogen (secondary N) is 1. The van der Waals surface area contributed by atoms with Crippen LogP contribution in [0.1, 0.15) is 13.8 Å². The summed E-state index contributed by atoms with van der Waals surface area (Å²) >= 11 is 5.99. The second kappa shape index (κ2) is 9.10. The zero-order chi connectivity index (χ0) is 19.1.